The van der Waals surface area contributed by atoms with Crippen LogP contribution in [0.3, 0.4) is 0 Å². The van der Waals surface area contributed by atoms with Gasteiger partial charge in [-0.05, 0) is 25.8 Å². The van der Waals surface area contributed by atoms with Crippen LogP contribution in [0.4, 0.5) is 0 Å². The van der Waals surface area contributed by atoms with Gasteiger partial charge >= 0.3 is 0 Å². The summed E-state index contributed by atoms with van der Waals surface area (Å²) in [6.07, 6.45) is 0.463. The molecule has 1 aliphatic heterocycles. The average Bonchev–Trinajstić information content (AvgIpc) is 2.40. The summed E-state index contributed by atoms with van der Waals surface area (Å²) >= 11 is 0. The Labute approximate surface area is 113 Å². The first kappa shape index (κ1) is 13.6. The van der Waals surface area contributed by atoms with Gasteiger partial charge in [0.25, 0.3) is 0 Å². The lowest BCUT2D eigenvalue weighted by Crippen LogP contribution is -2.64. The zero-order valence-electron chi connectivity index (χ0n) is 11.6. The van der Waals surface area contributed by atoms with E-state index in [0.717, 1.165) is 5.56 Å². The van der Waals surface area contributed by atoms with E-state index < -0.39 is 5.41 Å². The van der Waals surface area contributed by atoms with Gasteiger partial charge in [-0.2, -0.15) is 0 Å². The molecule has 1 atom stereocenters. The third-order valence-electron chi connectivity index (χ3n) is 3.84. The van der Waals surface area contributed by atoms with E-state index >= 15 is 0 Å². The van der Waals surface area contributed by atoms with Crippen LogP contribution in [0.25, 0.3) is 0 Å². The van der Waals surface area contributed by atoms with Gasteiger partial charge in [0.05, 0.1) is 6.67 Å². The summed E-state index contributed by atoms with van der Waals surface area (Å²) in [6.45, 7) is 6.10. The molecule has 0 aromatic heterocycles. The maximum absolute atomic E-state index is 12.8. The molecule has 1 fully saturated rings. The summed E-state index contributed by atoms with van der Waals surface area (Å²) in [5.74, 6) is -0.289. The molecule has 4 heteroatoms. The molecule has 0 aliphatic carbocycles. The van der Waals surface area contributed by atoms with Crippen molar-refractivity contribution in [2.24, 2.45) is 0 Å². The minimum Gasteiger partial charge on any atom is -0.337 e. The number of benzene rings is 1. The molecule has 0 saturated carbocycles. The second-order valence-corrected chi connectivity index (χ2v) is 5.16. The fourth-order valence-electron chi connectivity index (χ4n) is 2.63. The molecule has 1 aromatic carbocycles. The highest BCUT2D eigenvalue weighted by atomic mass is 16.2. The molecule has 2 rings (SSSR count). The first-order valence-electron chi connectivity index (χ1n) is 6.69. The highest BCUT2D eigenvalue weighted by Gasteiger charge is 2.51. The van der Waals surface area contributed by atoms with E-state index in [4.69, 9.17) is 0 Å². The molecule has 19 heavy (non-hydrogen) atoms. The van der Waals surface area contributed by atoms with Crippen LogP contribution in [0.1, 0.15) is 32.8 Å². The van der Waals surface area contributed by atoms with Gasteiger partial charge in [0.2, 0.25) is 11.8 Å². The number of amides is 2. The SMILES string of the molecule is CCC1(c2ccccc2)C(=O)NCN(C(C)C)C1=O. The van der Waals surface area contributed by atoms with E-state index in [9.17, 15) is 9.59 Å². The molecule has 1 heterocycles. The third-order valence-corrected chi connectivity index (χ3v) is 3.84. The molecule has 1 N–H and O–H groups in total. The summed E-state index contributed by atoms with van der Waals surface area (Å²) in [5.41, 5.74) is -0.311. The Kier molecular flexibility index (Phi) is 3.60. The Morgan fingerprint density at radius 2 is 1.89 bits per heavy atom. The largest absolute Gasteiger partial charge is 0.337 e. The van der Waals surface area contributed by atoms with E-state index in [1.165, 1.54) is 0 Å². The van der Waals surface area contributed by atoms with Gasteiger partial charge in [-0.1, -0.05) is 37.3 Å². The van der Waals surface area contributed by atoms with Crippen molar-refractivity contribution in [3.05, 3.63) is 35.9 Å². The molecule has 1 aromatic rings. The van der Waals surface area contributed by atoms with Gasteiger partial charge in [-0.15, -0.1) is 0 Å². The lowest BCUT2D eigenvalue weighted by Gasteiger charge is -2.42. The van der Waals surface area contributed by atoms with Gasteiger partial charge in [-0.3, -0.25) is 9.59 Å². The van der Waals surface area contributed by atoms with Crippen LogP contribution in [-0.2, 0) is 15.0 Å². The Morgan fingerprint density at radius 3 is 2.42 bits per heavy atom. The summed E-state index contributed by atoms with van der Waals surface area (Å²) in [5, 5.41) is 2.85. The normalized spacial score (nSPS) is 23.7. The van der Waals surface area contributed by atoms with E-state index in [1.807, 2.05) is 51.1 Å². The molecule has 0 radical (unpaired) electrons. The maximum Gasteiger partial charge on any atom is 0.244 e. The molecule has 2 amide bonds. The van der Waals surface area contributed by atoms with Crippen molar-refractivity contribution < 1.29 is 9.59 Å². The number of carbonyl (C=O) groups excluding carboxylic acids is 2. The monoisotopic (exact) mass is 260 g/mol. The minimum atomic E-state index is -1.08. The standard InChI is InChI=1S/C15H20N2O2/c1-4-15(12-8-6-5-7-9-12)13(18)16-10-17(11(2)3)14(15)19/h5-9,11H,4,10H2,1-3H3,(H,16,18). The third kappa shape index (κ3) is 2.01. The van der Waals surface area contributed by atoms with Crippen LogP contribution in [0, 0.1) is 0 Å². The Bertz CT molecular complexity index is 484. The zero-order valence-corrected chi connectivity index (χ0v) is 11.6. The number of nitrogens with zero attached hydrogens (tertiary/aromatic N) is 1. The summed E-state index contributed by atoms with van der Waals surface area (Å²) in [6, 6.07) is 9.39. The summed E-state index contributed by atoms with van der Waals surface area (Å²) in [4.78, 5) is 26.9. The molecule has 1 aliphatic rings. The van der Waals surface area contributed by atoms with Crippen molar-refractivity contribution in [1.82, 2.24) is 10.2 Å². The number of rotatable bonds is 3. The molecule has 0 bridgehead atoms. The van der Waals surface area contributed by atoms with Crippen LogP contribution in [0.5, 0.6) is 0 Å². The quantitative estimate of drug-likeness (QED) is 0.840. The van der Waals surface area contributed by atoms with Gasteiger partial charge in [-0.25, -0.2) is 0 Å². The van der Waals surface area contributed by atoms with Crippen LogP contribution in [-0.4, -0.2) is 29.4 Å². The van der Waals surface area contributed by atoms with Gasteiger partial charge in [0, 0.05) is 6.04 Å². The van der Waals surface area contributed by atoms with Crippen molar-refractivity contribution in [3.8, 4) is 0 Å². The smallest absolute Gasteiger partial charge is 0.244 e. The van der Waals surface area contributed by atoms with Crippen LogP contribution >= 0.6 is 0 Å². The number of nitrogens with one attached hydrogen (secondary N) is 1. The van der Waals surface area contributed by atoms with Crippen LogP contribution in [0.2, 0.25) is 0 Å². The minimum absolute atomic E-state index is 0.0720. The molecular weight excluding hydrogens is 240 g/mol. The fourth-order valence-corrected chi connectivity index (χ4v) is 2.63. The van der Waals surface area contributed by atoms with Crippen molar-refractivity contribution in [3.63, 3.8) is 0 Å². The first-order chi connectivity index (χ1) is 9.04. The number of hydrogen-bond donors (Lipinski definition) is 1. The van der Waals surface area contributed by atoms with Gasteiger partial charge in [0.15, 0.2) is 5.41 Å². The molecule has 1 unspecified atom stereocenters. The summed E-state index contributed by atoms with van der Waals surface area (Å²) < 4.78 is 0. The fraction of sp³-hybridized carbons (Fsp3) is 0.467. The van der Waals surface area contributed by atoms with Crippen molar-refractivity contribution in [2.75, 3.05) is 6.67 Å². The Morgan fingerprint density at radius 1 is 1.26 bits per heavy atom. The van der Waals surface area contributed by atoms with Gasteiger partial charge < -0.3 is 10.2 Å². The van der Waals surface area contributed by atoms with Crippen LogP contribution in [0.15, 0.2) is 30.3 Å². The highest BCUT2D eigenvalue weighted by Crippen LogP contribution is 2.33. The second kappa shape index (κ2) is 5.03. The lowest BCUT2D eigenvalue weighted by atomic mass is 9.74. The van der Waals surface area contributed by atoms with E-state index in [0.29, 0.717) is 13.1 Å². The average molecular weight is 260 g/mol. The topological polar surface area (TPSA) is 49.4 Å². The highest BCUT2D eigenvalue weighted by molar-refractivity contribution is 6.12. The number of hydrogen-bond acceptors (Lipinski definition) is 2. The van der Waals surface area contributed by atoms with E-state index in [-0.39, 0.29) is 17.9 Å². The zero-order chi connectivity index (χ0) is 14.0. The van der Waals surface area contributed by atoms with Gasteiger partial charge in [0.1, 0.15) is 0 Å². The Balaban J connectivity index is 2.52. The van der Waals surface area contributed by atoms with E-state index in [1.54, 1.807) is 4.90 Å². The lowest BCUT2D eigenvalue weighted by molar-refractivity contribution is -0.152. The maximum atomic E-state index is 12.8. The van der Waals surface area contributed by atoms with Crippen LogP contribution < -0.4 is 5.32 Å². The summed E-state index contributed by atoms with van der Waals surface area (Å²) in [7, 11) is 0. The van der Waals surface area contributed by atoms with Crippen molar-refractivity contribution in [2.45, 2.75) is 38.6 Å². The molecular formula is C15H20N2O2. The predicted molar refractivity (Wildman–Crippen MR) is 73.4 cm³/mol. The molecule has 102 valence electrons. The molecule has 1 saturated heterocycles. The number of carbonyl (C=O) groups is 2. The predicted octanol–water partition coefficient (Wildman–Crippen LogP) is 1.66. The Hall–Kier alpha value is -1.84. The second-order valence-electron chi connectivity index (χ2n) is 5.16. The molecule has 4 nitrogen and oxygen atoms in total. The van der Waals surface area contributed by atoms with E-state index in [2.05, 4.69) is 5.32 Å². The molecule has 0 spiro atoms. The van der Waals surface area contributed by atoms with Crippen molar-refractivity contribution >= 4 is 11.8 Å². The first-order valence-corrected chi connectivity index (χ1v) is 6.69. The van der Waals surface area contributed by atoms with Crippen molar-refractivity contribution in [1.29, 1.82) is 0 Å².